The standard InChI is InChI=1S/C29H27Cl2N3O2/c1-36-23-5-2-18(3-6-23)24-15-22-17-33-13-10-20(22)14-25(24)29(35)34-28(19-8-11-32-12-9-19)21-4-7-26(30)27(31)16-21/h2-7,10,13-17,19,28,32H,8-9,11-12H2,1H3,(H,34,35). The van der Waals surface area contributed by atoms with Crippen molar-refractivity contribution in [2.24, 2.45) is 5.92 Å². The van der Waals surface area contributed by atoms with Gasteiger partial charge in [-0.15, -0.1) is 0 Å². The number of methoxy groups -OCH3 is 1. The monoisotopic (exact) mass is 519 g/mol. The largest absolute Gasteiger partial charge is 0.497 e. The van der Waals surface area contributed by atoms with E-state index in [0.717, 1.165) is 59.1 Å². The van der Waals surface area contributed by atoms with Gasteiger partial charge in [0.1, 0.15) is 5.75 Å². The number of halogens is 2. The van der Waals surface area contributed by atoms with Gasteiger partial charge < -0.3 is 15.4 Å². The molecule has 36 heavy (non-hydrogen) atoms. The minimum atomic E-state index is -0.189. The molecule has 1 aromatic heterocycles. The molecule has 1 amide bonds. The highest BCUT2D eigenvalue weighted by Crippen LogP contribution is 2.35. The van der Waals surface area contributed by atoms with Crippen LogP contribution in [0.3, 0.4) is 0 Å². The van der Waals surface area contributed by atoms with Crippen LogP contribution in [0.4, 0.5) is 0 Å². The summed E-state index contributed by atoms with van der Waals surface area (Å²) >= 11 is 12.6. The number of hydrogen-bond acceptors (Lipinski definition) is 4. The molecule has 3 aromatic carbocycles. The van der Waals surface area contributed by atoms with Crippen LogP contribution in [0.5, 0.6) is 5.75 Å². The summed E-state index contributed by atoms with van der Waals surface area (Å²) in [4.78, 5) is 18.2. The summed E-state index contributed by atoms with van der Waals surface area (Å²) in [5.74, 6) is 0.911. The molecule has 4 aromatic rings. The van der Waals surface area contributed by atoms with Gasteiger partial charge in [-0.1, -0.05) is 41.4 Å². The van der Waals surface area contributed by atoms with E-state index in [1.165, 1.54) is 0 Å². The van der Waals surface area contributed by atoms with Crippen molar-refractivity contribution < 1.29 is 9.53 Å². The van der Waals surface area contributed by atoms with E-state index >= 15 is 0 Å². The predicted octanol–water partition coefficient (Wildman–Crippen LogP) is 6.69. The van der Waals surface area contributed by atoms with Crippen molar-refractivity contribution in [3.8, 4) is 16.9 Å². The molecule has 2 heterocycles. The first-order valence-electron chi connectivity index (χ1n) is 12.0. The molecule has 0 bridgehead atoms. The van der Waals surface area contributed by atoms with E-state index < -0.39 is 0 Å². The van der Waals surface area contributed by atoms with Crippen LogP contribution in [0.1, 0.15) is 34.8 Å². The quantitative estimate of drug-likeness (QED) is 0.298. The van der Waals surface area contributed by atoms with E-state index in [0.29, 0.717) is 15.6 Å². The Bertz CT molecular complexity index is 1390. The average Bonchev–Trinajstić information content (AvgIpc) is 2.93. The zero-order chi connectivity index (χ0) is 25.1. The normalized spacial score (nSPS) is 15.0. The van der Waals surface area contributed by atoms with E-state index in [2.05, 4.69) is 15.6 Å². The Labute approximate surface area is 220 Å². The molecular weight excluding hydrogens is 493 g/mol. The summed E-state index contributed by atoms with van der Waals surface area (Å²) in [5, 5.41) is 9.68. The van der Waals surface area contributed by atoms with Crippen LogP contribution in [0.2, 0.25) is 10.0 Å². The first-order valence-corrected chi connectivity index (χ1v) is 12.8. The summed E-state index contributed by atoms with van der Waals surface area (Å²) in [6.07, 6.45) is 5.47. The number of carbonyl (C=O) groups is 1. The molecule has 1 atom stereocenters. The second-order valence-corrected chi connectivity index (χ2v) is 9.88. The van der Waals surface area contributed by atoms with Gasteiger partial charge in [0.25, 0.3) is 5.91 Å². The van der Waals surface area contributed by atoms with E-state index in [9.17, 15) is 4.79 Å². The number of piperidine rings is 1. The maximum atomic E-state index is 14.0. The van der Waals surface area contributed by atoms with Gasteiger partial charge >= 0.3 is 0 Å². The van der Waals surface area contributed by atoms with Crippen molar-refractivity contribution >= 4 is 39.9 Å². The lowest BCUT2D eigenvalue weighted by atomic mass is 9.85. The molecule has 1 fully saturated rings. The highest BCUT2D eigenvalue weighted by molar-refractivity contribution is 6.42. The molecule has 5 rings (SSSR count). The van der Waals surface area contributed by atoms with Gasteiger partial charge in [-0.05, 0) is 96.4 Å². The maximum Gasteiger partial charge on any atom is 0.252 e. The number of carbonyl (C=O) groups excluding carboxylic acids is 1. The average molecular weight is 520 g/mol. The third kappa shape index (κ3) is 5.19. The number of benzene rings is 3. The number of aromatic nitrogens is 1. The first kappa shape index (κ1) is 24.6. The van der Waals surface area contributed by atoms with E-state index in [1.54, 1.807) is 19.4 Å². The molecule has 7 heteroatoms. The molecule has 0 spiro atoms. The predicted molar refractivity (Wildman–Crippen MR) is 146 cm³/mol. The highest BCUT2D eigenvalue weighted by atomic mass is 35.5. The number of nitrogens with zero attached hydrogens (tertiary/aromatic N) is 1. The number of pyridine rings is 1. The van der Waals surface area contributed by atoms with Crippen molar-refractivity contribution in [2.75, 3.05) is 20.2 Å². The fourth-order valence-corrected chi connectivity index (χ4v) is 5.22. The molecular formula is C29H27Cl2N3O2. The lowest BCUT2D eigenvalue weighted by Crippen LogP contribution is -2.39. The van der Waals surface area contributed by atoms with Crippen LogP contribution in [0, 0.1) is 5.92 Å². The Morgan fingerprint density at radius 3 is 2.50 bits per heavy atom. The molecule has 184 valence electrons. The van der Waals surface area contributed by atoms with Crippen LogP contribution in [0.15, 0.2) is 73.1 Å². The lowest BCUT2D eigenvalue weighted by Gasteiger charge is -2.32. The molecule has 1 aliphatic rings. The summed E-state index contributed by atoms with van der Waals surface area (Å²) < 4.78 is 5.33. The van der Waals surface area contributed by atoms with Gasteiger partial charge in [0.2, 0.25) is 0 Å². The fourth-order valence-electron chi connectivity index (χ4n) is 4.91. The number of ether oxygens (including phenoxy) is 1. The summed E-state index contributed by atoms with van der Waals surface area (Å²) in [6, 6.07) is 19.1. The van der Waals surface area contributed by atoms with E-state index in [-0.39, 0.29) is 17.9 Å². The molecule has 1 saturated heterocycles. The first-order chi connectivity index (χ1) is 17.5. The maximum absolute atomic E-state index is 14.0. The Balaban J connectivity index is 1.56. The Hall–Kier alpha value is -3.12. The molecule has 2 N–H and O–H groups in total. The second kappa shape index (κ2) is 10.9. The smallest absolute Gasteiger partial charge is 0.252 e. The number of nitrogens with one attached hydrogen (secondary N) is 2. The molecule has 0 radical (unpaired) electrons. The third-order valence-corrected chi connectivity index (χ3v) is 7.61. The van der Waals surface area contributed by atoms with Gasteiger partial charge in [0.05, 0.1) is 23.2 Å². The second-order valence-electron chi connectivity index (χ2n) is 9.06. The lowest BCUT2D eigenvalue weighted by molar-refractivity contribution is 0.0915. The SMILES string of the molecule is COc1ccc(-c2cc3cnccc3cc2C(=O)NC(c2ccc(Cl)c(Cl)c2)C2CCNCC2)cc1. The topological polar surface area (TPSA) is 63.2 Å². The van der Waals surface area contributed by atoms with Crippen molar-refractivity contribution in [2.45, 2.75) is 18.9 Å². The number of rotatable bonds is 6. The third-order valence-electron chi connectivity index (χ3n) is 6.87. The summed E-state index contributed by atoms with van der Waals surface area (Å²) in [5.41, 5.74) is 3.34. The summed E-state index contributed by atoms with van der Waals surface area (Å²) in [6.45, 7) is 1.83. The van der Waals surface area contributed by atoms with Gasteiger partial charge in [-0.25, -0.2) is 0 Å². The molecule has 1 aliphatic heterocycles. The number of hydrogen-bond donors (Lipinski definition) is 2. The minimum absolute atomic E-state index is 0.130. The number of amides is 1. The Morgan fingerprint density at radius 1 is 1.00 bits per heavy atom. The van der Waals surface area contributed by atoms with Crippen LogP contribution in [-0.2, 0) is 0 Å². The van der Waals surface area contributed by atoms with Crippen LogP contribution in [0.25, 0.3) is 21.9 Å². The highest BCUT2D eigenvalue weighted by Gasteiger charge is 2.28. The van der Waals surface area contributed by atoms with Crippen molar-refractivity contribution in [3.63, 3.8) is 0 Å². The molecule has 5 nitrogen and oxygen atoms in total. The molecule has 0 aliphatic carbocycles. The van der Waals surface area contributed by atoms with Crippen LogP contribution < -0.4 is 15.4 Å². The van der Waals surface area contributed by atoms with Gasteiger partial charge in [0, 0.05) is 23.3 Å². The van der Waals surface area contributed by atoms with Crippen LogP contribution in [-0.4, -0.2) is 31.1 Å². The van der Waals surface area contributed by atoms with E-state index in [1.807, 2.05) is 60.8 Å². The van der Waals surface area contributed by atoms with Crippen LogP contribution >= 0.6 is 23.2 Å². The zero-order valence-corrected chi connectivity index (χ0v) is 21.4. The Morgan fingerprint density at radius 2 is 1.78 bits per heavy atom. The van der Waals surface area contributed by atoms with Gasteiger partial charge in [-0.2, -0.15) is 0 Å². The van der Waals surface area contributed by atoms with E-state index in [4.69, 9.17) is 27.9 Å². The number of fused-ring (bicyclic) bond motifs is 1. The summed E-state index contributed by atoms with van der Waals surface area (Å²) in [7, 11) is 1.64. The molecule has 0 saturated carbocycles. The van der Waals surface area contributed by atoms with Gasteiger partial charge in [0.15, 0.2) is 0 Å². The zero-order valence-electron chi connectivity index (χ0n) is 19.9. The van der Waals surface area contributed by atoms with Crippen molar-refractivity contribution in [1.82, 2.24) is 15.6 Å². The minimum Gasteiger partial charge on any atom is -0.497 e. The molecule has 1 unspecified atom stereocenters. The Kier molecular flexibility index (Phi) is 7.42. The van der Waals surface area contributed by atoms with Crippen molar-refractivity contribution in [3.05, 3.63) is 94.2 Å². The van der Waals surface area contributed by atoms with Crippen molar-refractivity contribution in [1.29, 1.82) is 0 Å². The fraction of sp³-hybridized carbons (Fsp3) is 0.241. The van der Waals surface area contributed by atoms with Gasteiger partial charge in [-0.3, -0.25) is 9.78 Å².